The zero-order chi connectivity index (χ0) is 30.6. The van der Waals surface area contributed by atoms with Gasteiger partial charge in [-0.25, -0.2) is 9.48 Å². The second-order valence-electron chi connectivity index (χ2n) is 11.7. The maximum Gasteiger partial charge on any atom is 0.322 e. The van der Waals surface area contributed by atoms with Crippen molar-refractivity contribution >= 4 is 23.4 Å². The predicted octanol–water partition coefficient (Wildman–Crippen LogP) is 8.28. The second-order valence-corrected chi connectivity index (χ2v) is 11.7. The molecule has 3 amide bonds. The van der Waals surface area contributed by atoms with Crippen LogP contribution in [0.4, 0.5) is 16.3 Å². The largest absolute Gasteiger partial charge is 0.322 e. The lowest BCUT2D eigenvalue weighted by molar-refractivity contribution is -0.117. The summed E-state index contributed by atoms with van der Waals surface area (Å²) in [6.45, 7) is 16.2. The predicted molar refractivity (Wildman–Crippen MR) is 173 cm³/mol. The second kappa shape index (κ2) is 13.1. The summed E-state index contributed by atoms with van der Waals surface area (Å²) in [7, 11) is 0. The van der Waals surface area contributed by atoms with Crippen LogP contribution < -0.4 is 10.6 Å². The lowest BCUT2D eigenvalue weighted by atomic mass is 9.93. The summed E-state index contributed by atoms with van der Waals surface area (Å²) < 4.78 is 1.77. The Morgan fingerprint density at radius 3 is 1.93 bits per heavy atom. The first kappa shape index (κ1) is 30.6. The SMILES string of the molecule is Cc1ccc(-n2nc(C)c(-c3ccccc3)c2NC(=O)CN(C(=O)Nc2c(C(C)C)cccc2C(C)C)C(C)C)cc1. The third kappa shape index (κ3) is 6.73. The van der Waals surface area contributed by atoms with Gasteiger partial charge in [-0.05, 0) is 68.4 Å². The molecule has 0 unspecified atom stereocenters. The first-order valence-corrected chi connectivity index (χ1v) is 14.7. The van der Waals surface area contributed by atoms with E-state index in [0.717, 1.165) is 44.9 Å². The molecule has 0 radical (unpaired) electrons. The zero-order valence-corrected chi connectivity index (χ0v) is 26.0. The number of nitrogens with zero attached hydrogens (tertiary/aromatic N) is 3. The summed E-state index contributed by atoms with van der Waals surface area (Å²) >= 11 is 0. The van der Waals surface area contributed by atoms with E-state index < -0.39 is 0 Å². The number of anilines is 2. The van der Waals surface area contributed by atoms with Crippen molar-refractivity contribution in [2.24, 2.45) is 0 Å². The monoisotopic (exact) mass is 565 g/mol. The van der Waals surface area contributed by atoms with Crippen LogP contribution in [0.5, 0.6) is 0 Å². The van der Waals surface area contributed by atoms with Gasteiger partial charge in [0.15, 0.2) is 0 Å². The number of hydrogen-bond acceptors (Lipinski definition) is 3. The maximum absolute atomic E-state index is 13.7. The molecule has 0 aliphatic heterocycles. The van der Waals surface area contributed by atoms with Gasteiger partial charge in [0.25, 0.3) is 0 Å². The van der Waals surface area contributed by atoms with E-state index in [1.165, 1.54) is 0 Å². The van der Waals surface area contributed by atoms with Crippen LogP contribution in [-0.4, -0.2) is 39.2 Å². The minimum absolute atomic E-state index is 0.114. The minimum atomic E-state index is -0.304. The van der Waals surface area contributed by atoms with Crippen molar-refractivity contribution in [3.05, 3.63) is 95.2 Å². The summed E-state index contributed by atoms with van der Waals surface area (Å²) in [6, 6.07) is 23.6. The Bertz CT molecular complexity index is 1510. The molecule has 0 saturated heterocycles. The number of para-hydroxylation sites is 1. The van der Waals surface area contributed by atoms with Gasteiger partial charge in [-0.3, -0.25) is 4.79 Å². The molecule has 4 rings (SSSR count). The fraction of sp³-hybridized carbons (Fsp3) is 0.343. The van der Waals surface area contributed by atoms with Crippen LogP contribution >= 0.6 is 0 Å². The number of rotatable bonds is 9. The Morgan fingerprint density at radius 1 is 0.786 bits per heavy atom. The fourth-order valence-electron chi connectivity index (χ4n) is 5.16. The molecular weight excluding hydrogens is 522 g/mol. The van der Waals surface area contributed by atoms with Crippen LogP contribution in [0.25, 0.3) is 16.8 Å². The third-order valence-corrected chi connectivity index (χ3v) is 7.46. The molecule has 7 heteroatoms. The number of carbonyl (C=O) groups is 2. The van der Waals surface area contributed by atoms with E-state index in [9.17, 15) is 9.59 Å². The molecule has 0 bridgehead atoms. The molecule has 220 valence electrons. The Morgan fingerprint density at radius 2 is 1.38 bits per heavy atom. The summed E-state index contributed by atoms with van der Waals surface area (Å²) in [5, 5.41) is 11.1. The molecule has 0 saturated carbocycles. The number of carbonyl (C=O) groups excluding carboxylic acids is 2. The van der Waals surface area contributed by atoms with Gasteiger partial charge in [-0.1, -0.05) is 93.9 Å². The Kier molecular flexibility index (Phi) is 9.51. The van der Waals surface area contributed by atoms with E-state index in [1.54, 1.807) is 9.58 Å². The highest BCUT2D eigenvalue weighted by molar-refractivity contribution is 6.00. The van der Waals surface area contributed by atoms with Crippen LogP contribution in [-0.2, 0) is 4.79 Å². The van der Waals surface area contributed by atoms with E-state index in [4.69, 9.17) is 5.10 Å². The molecule has 1 aromatic heterocycles. The van der Waals surface area contributed by atoms with Crippen molar-refractivity contribution in [2.75, 3.05) is 17.2 Å². The fourth-order valence-corrected chi connectivity index (χ4v) is 5.16. The van der Waals surface area contributed by atoms with Crippen LogP contribution in [0.1, 0.15) is 75.8 Å². The quantitative estimate of drug-likeness (QED) is 0.214. The first-order valence-electron chi connectivity index (χ1n) is 14.7. The summed E-state index contributed by atoms with van der Waals surface area (Å²) in [5.41, 5.74) is 7.55. The average molecular weight is 566 g/mol. The van der Waals surface area contributed by atoms with Crippen LogP contribution in [0, 0.1) is 13.8 Å². The molecule has 42 heavy (non-hydrogen) atoms. The molecule has 0 atom stereocenters. The van der Waals surface area contributed by atoms with E-state index in [2.05, 4.69) is 50.5 Å². The van der Waals surface area contributed by atoms with Crippen molar-refractivity contribution in [1.82, 2.24) is 14.7 Å². The smallest absolute Gasteiger partial charge is 0.313 e. The van der Waals surface area contributed by atoms with Gasteiger partial charge in [0.1, 0.15) is 12.4 Å². The van der Waals surface area contributed by atoms with E-state index in [0.29, 0.717) is 5.82 Å². The van der Waals surface area contributed by atoms with Gasteiger partial charge in [-0.2, -0.15) is 5.10 Å². The standard InChI is InChI=1S/C35H43N5O2/c1-22(2)29-15-12-16-30(23(3)4)33(29)37-35(42)39(24(5)6)21-31(41)36-34-32(27-13-10-9-11-14-27)26(8)38-40(34)28-19-17-25(7)18-20-28/h9-20,22-24H,21H2,1-8H3,(H,36,41)(H,37,42). The molecule has 0 fully saturated rings. The first-order chi connectivity index (χ1) is 20.0. The van der Waals surface area contributed by atoms with Gasteiger partial charge in [0.05, 0.1) is 11.4 Å². The lowest BCUT2D eigenvalue weighted by Gasteiger charge is -2.28. The topological polar surface area (TPSA) is 79.3 Å². The molecule has 4 aromatic rings. The van der Waals surface area contributed by atoms with Crippen LogP contribution in [0.2, 0.25) is 0 Å². The highest BCUT2D eigenvalue weighted by Crippen LogP contribution is 2.34. The average Bonchev–Trinajstić information content (AvgIpc) is 3.27. The zero-order valence-electron chi connectivity index (χ0n) is 26.0. The number of aromatic nitrogens is 2. The summed E-state index contributed by atoms with van der Waals surface area (Å²) in [6.07, 6.45) is 0. The molecule has 2 N–H and O–H groups in total. The number of nitrogens with one attached hydrogen (secondary N) is 2. The highest BCUT2D eigenvalue weighted by Gasteiger charge is 2.26. The third-order valence-electron chi connectivity index (χ3n) is 7.46. The molecular formula is C35H43N5O2. The number of aryl methyl sites for hydroxylation is 2. The van der Waals surface area contributed by atoms with Crippen molar-refractivity contribution in [3.8, 4) is 16.8 Å². The van der Waals surface area contributed by atoms with Crippen LogP contribution in [0.3, 0.4) is 0 Å². The molecule has 0 aliphatic carbocycles. The molecule has 7 nitrogen and oxygen atoms in total. The number of amides is 3. The molecule has 1 heterocycles. The number of hydrogen-bond donors (Lipinski definition) is 2. The van der Waals surface area contributed by atoms with Gasteiger partial charge in [0.2, 0.25) is 5.91 Å². The van der Waals surface area contributed by atoms with E-state index in [1.807, 2.05) is 88.4 Å². The maximum atomic E-state index is 13.7. The van der Waals surface area contributed by atoms with Crippen molar-refractivity contribution < 1.29 is 9.59 Å². The van der Waals surface area contributed by atoms with Gasteiger partial charge in [-0.15, -0.1) is 0 Å². The number of benzene rings is 3. The Balaban J connectivity index is 1.66. The molecule has 3 aromatic carbocycles. The highest BCUT2D eigenvalue weighted by atomic mass is 16.2. The van der Waals surface area contributed by atoms with Crippen LogP contribution in [0.15, 0.2) is 72.8 Å². The normalized spacial score (nSPS) is 11.3. The molecule has 0 spiro atoms. The van der Waals surface area contributed by atoms with Crippen molar-refractivity contribution in [3.63, 3.8) is 0 Å². The van der Waals surface area contributed by atoms with E-state index >= 15 is 0 Å². The summed E-state index contributed by atoms with van der Waals surface area (Å²) in [5.74, 6) is 0.738. The van der Waals surface area contributed by atoms with Crippen molar-refractivity contribution in [2.45, 2.75) is 73.3 Å². The Hall–Kier alpha value is -4.39. The summed E-state index contributed by atoms with van der Waals surface area (Å²) in [4.78, 5) is 29.0. The number of urea groups is 1. The lowest BCUT2D eigenvalue weighted by Crippen LogP contribution is -2.45. The Labute approximate surface area is 250 Å². The van der Waals surface area contributed by atoms with Gasteiger partial charge in [0, 0.05) is 17.3 Å². The molecule has 0 aliphatic rings. The van der Waals surface area contributed by atoms with E-state index in [-0.39, 0.29) is 36.4 Å². The van der Waals surface area contributed by atoms with Gasteiger partial charge >= 0.3 is 6.03 Å². The van der Waals surface area contributed by atoms with Gasteiger partial charge < -0.3 is 15.5 Å². The minimum Gasteiger partial charge on any atom is -0.313 e. The van der Waals surface area contributed by atoms with Crippen molar-refractivity contribution in [1.29, 1.82) is 0 Å².